The molecule has 0 saturated carbocycles. The van der Waals surface area contributed by atoms with Crippen molar-refractivity contribution >= 4 is 17.4 Å². The highest BCUT2D eigenvalue weighted by atomic mass is 32.1. The molecule has 112 valence electrons. The lowest BCUT2D eigenvalue weighted by atomic mass is 10.0. The molecule has 6 nitrogen and oxygen atoms in total. The molecule has 1 amide bonds. The maximum absolute atomic E-state index is 12.6. The van der Waals surface area contributed by atoms with E-state index in [2.05, 4.69) is 27.7 Å². The van der Waals surface area contributed by atoms with Crippen LogP contribution >= 0.6 is 11.5 Å². The zero-order valence-electron chi connectivity index (χ0n) is 12.3. The zero-order chi connectivity index (χ0) is 14.8. The highest BCUT2D eigenvalue weighted by molar-refractivity contribution is 7.03. The first-order valence-corrected chi connectivity index (χ1v) is 8.08. The number of carbonyl (C=O) groups excluding carboxylic acids is 1. The molecule has 21 heavy (non-hydrogen) atoms. The lowest BCUT2D eigenvalue weighted by molar-refractivity contribution is 0.0576. The second-order valence-electron chi connectivity index (χ2n) is 5.55. The third-order valence-electron chi connectivity index (χ3n) is 3.95. The van der Waals surface area contributed by atoms with Gasteiger partial charge in [0.2, 0.25) is 0 Å². The Kier molecular flexibility index (Phi) is 4.01. The summed E-state index contributed by atoms with van der Waals surface area (Å²) >= 11 is 1.22. The lowest BCUT2D eigenvalue weighted by Crippen LogP contribution is -2.46. The van der Waals surface area contributed by atoms with Crippen LogP contribution in [-0.4, -0.2) is 42.8 Å². The van der Waals surface area contributed by atoms with Gasteiger partial charge in [-0.05, 0) is 50.7 Å². The van der Waals surface area contributed by atoms with Crippen molar-refractivity contribution < 1.29 is 4.79 Å². The lowest BCUT2D eigenvalue weighted by Gasteiger charge is -2.35. The van der Waals surface area contributed by atoms with E-state index in [-0.39, 0.29) is 11.9 Å². The fourth-order valence-corrected chi connectivity index (χ4v) is 3.35. The number of aryl methyl sites for hydroxylation is 2. The minimum absolute atomic E-state index is 0.00465. The molecule has 1 unspecified atom stereocenters. The molecule has 1 atom stereocenters. The van der Waals surface area contributed by atoms with Crippen LogP contribution < -0.4 is 0 Å². The van der Waals surface area contributed by atoms with E-state index < -0.39 is 0 Å². The normalized spacial score (nSPS) is 19.0. The zero-order valence-corrected chi connectivity index (χ0v) is 13.1. The van der Waals surface area contributed by atoms with Crippen LogP contribution in [-0.2, 0) is 6.54 Å². The minimum Gasteiger partial charge on any atom is -0.332 e. The largest absolute Gasteiger partial charge is 0.332 e. The van der Waals surface area contributed by atoms with Gasteiger partial charge in [-0.25, -0.2) is 0 Å². The van der Waals surface area contributed by atoms with Crippen molar-refractivity contribution in [2.24, 2.45) is 0 Å². The van der Waals surface area contributed by atoms with Crippen molar-refractivity contribution in [2.45, 2.75) is 45.7 Å². The van der Waals surface area contributed by atoms with Gasteiger partial charge in [0, 0.05) is 17.6 Å². The van der Waals surface area contributed by atoms with E-state index >= 15 is 0 Å². The molecule has 1 aliphatic rings. The summed E-state index contributed by atoms with van der Waals surface area (Å²) in [5, 5.41) is 10.1. The van der Waals surface area contributed by atoms with Crippen molar-refractivity contribution in [1.82, 2.24) is 24.3 Å². The number of hydrogen-bond acceptors (Lipinski definition) is 5. The number of rotatable bonds is 3. The summed E-state index contributed by atoms with van der Waals surface area (Å²) in [4.78, 5) is 14.5. The van der Waals surface area contributed by atoms with Gasteiger partial charge in [0.15, 0.2) is 5.69 Å². The smallest absolute Gasteiger partial charge is 0.275 e. The summed E-state index contributed by atoms with van der Waals surface area (Å²) in [6, 6.07) is 2.25. The Morgan fingerprint density at radius 2 is 2.29 bits per heavy atom. The summed E-state index contributed by atoms with van der Waals surface area (Å²) in [7, 11) is 0. The molecule has 2 aromatic heterocycles. The topological polar surface area (TPSA) is 63.9 Å². The molecular formula is C14H19N5OS. The van der Waals surface area contributed by atoms with Crippen molar-refractivity contribution in [3.8, 4) is 0 Å². The van der Waals surface area contributed by atoms with Crippen LogP contribution in [0.3, 0.4) is 0 Å². The monoisotopic (exact) mass is 305 g/mol. The van der Waals surface area contributed by atoms with Gasteiger partial charge in [-0.15, -0.1) is 5.10 Å². The molecule has 0 spiro atoms. The molecular weight excluding hydrogens is 286 g/mol. The van der Waals surface area contributed by atoms with E-state index in [0.717, 1.165) is 43.7 Å². The number of hydrogen-bond donors (Lipinski definition) is 0. The standard InChI is InChI=1S/C14H19N5OS/c1-10-7-11(2)19(16-10)8-12-5-3-4-6-18(12)14(20)13-9-21-17-15-13/h7,9,12H,3-6,8H2,1-2H3. The quantitative estimate of drug-likeness (QED) is 0.870. The van der Waals surface area contributed by atoms with Crippen molar-refractivity contribution in [2.75, 3.05) is 6.54 Å². The Labute approximate surface area is 127 Å². The summed E-state index contributed by atoms with van der Waals surface area (Å²) in [5.74, 6) is -0.00465. The van der Waals surface area contributed by atoms with Gasteiger partial charge >= 0.3 is 0 Å². The predicted octanol–water partition coefficient (Wildman–Crippen LogP) is 2.05. The molecule has 1 aliphatic heterocycles. The first kappa shape index (κ1) is 14.2. The van der Waals surface area contributed by atoms with E-state index in [4.69, 9.17) is 0 Å². The Morgan fingerprint density at radius 3 is 2.95 bits per heavy atom. The van der Waals surface area contributed by atoms with E-state index in [1.807, 2.05) is 16.5 Å². The molecule has 0 aliphatic carbocycles. The summed E-state index contributed by atoms with van der Waals surface area (Å²) in [6.07, 6.45) is 3.22. The van der Waals surface area contributed by atoms with Crippen LogP contribution in [0.5, 0.6) is 0 Å². The van der Waals surface area contributed by atoms with Crippen molar-refractivity contribution in [3.63, 3.8) is 0 Å². The fourth-order valence-electron chi connectivity index (χ4n) is 2.92. The highest BCUT2D eigenvalue weighted by Crippen LogP contribution is 2.21. The number of piperidine rings is 1. The van der Waals surface area contributed by atoms with Gasteiger partial charge in [0.25, 0.3) is 5.91 Å². The minimum atomic E-state index is -0.00465. The number of carbonyl (C=O) groups is 1. The van der Waals surface area contributed by atoms with E-state index in [1.165, 1.54) is 11.5 Å². The van der Waals surface area contributed by atoms with Crippen LogP contribution in [0.25, 0.3) is 0 Å². The van der Waals surface area contributed by atoms with Gasteiger partial charge in [-0.3, -0.25) is 9.48 Å². The third kappa shape index (κ3) is 2.97. The van der Waals surface area contributed by atoms with Crippen LogP contribution in [0.4, 0.5) is 0 Å². The first-order chi connectivity index (χ1) is 10.1. The molecule has 0 N–H and O–H groups in total. The predicted molar refractivity (Wildman–Crippen MR) is 80.3 cm³/mol. The third-order valence-corrected chi connectivity index (χ3v) is 4.46. The van der Waals surface area contributed by atoms with E-state index in [9.17, 15) is 4.79 Å². The molecule has 0 radical (unpaired) electrons. The van der Waals surface area contributed by atoms with Gasteiger partial charge < -0.3 is 4.90 Å². The van der Waals surface area contributed by atoms with E-state index in [1.54, 1.807) is 5.38 Å². The Bertz CT molecular complexity index is 621. The fraction of sp³-hybridized carbons (Fsp3) is 0.571. The van der Waals surface area contributed by atoms with Crippen molar-refractivity contribution in [1.29, 1.82) is 0 Å². The molecule has 1 saturated heterocycles. The van der Waals surface area contributed by atoms with Crippen LogP contribution in [0, 0.1) is 13.8 Å². The summed E-state index contributed by atoms with van der Waals surface area (Å²) in [5.41, 5.74) is 2.62. The maximum Gasteiger partial charge on any atom is 0.275 e. The Morgan fingerprint density at radius 1 is 1.43 bits per heavy atom. The Hall–Kier alpha value is -1.76. The highest BCUT2D eigenvalue weighted by Gasteiger charge is 2.29. The molecule has 3 rings (SSSR count). The van der Waals surface area contributed by atoms with E-state index in [0.29, 0.717) is 5.69 Å². The molecule has 7 heteroatoms. The van der Waals surface area contributed by atoms with Gasteiger partial charge in [0.1, 0.15) is 0 Å². The average Bonchev–Trinajstić information content (AvgIpc) is 3.09. The second-order valence-corrected chi connectivity index (χ2v) is 6.16. The SMILES string of the molecule is Cc1cc(C)n(CC2CCCCN2C(=O)c2csnn2)n1. The molecule has 3 heterocycles. The molecule has 0 bridgehead atoms. The molecule has 1 fully saturated rings. The van der Waals surface area contributed by atoms with Gasteiger partial charge in [-0.2, -0.15) is 5.10 Å². The summed E-state index contributed by atoms with van der Waals surface area (Å²) in [6.45, 7) is 5.59. The molecule has 0 aromatic carbocycles. The van der Waals surface area contributed by atoms with Crippen LogP contribution in [0.2, 0.25) is 0 Å². The number of likely N-dealkylation sites (tertiary alicyclic amines) is 1. The first-order valence-electron chi connectivity index (χ1n) is 7.24. The second kappa shape index (κ2) is 5.93. The summed E-state index contributed by atoms with van der Waals surface area (Å²) < 4.78 is 5.80. The number of nitrogens with zero attached hydrogens (tertiary/aromatic N) is 5. The maximum atomic E-state index is 12.6. The van der Waals surface area contributed by atoms with Gasteiger partial charge in [-0.1, -0.05) is 4.49 Å². The average molecular weight is 305 g/mol. The van der Waals surface area contributed by atoms with Crippen molar-refractivity contribution in [3.05, 3.63) is 28.5 Å². The van der Waals surface area contributed by atoms with Gasteiger partial charge in [0.05, 0.1) is 18.3 Å². The van der Waals surface area contributed by atoms with Crippen LogP contribution in [0.15, 0.2) is 11.4 Å². The molecule has 2 aromatic rings. The van der Waals surface area contributed by atoms with Crippen LogP contribution in [0.1, 0.15) is 41.1 Å². The number of aromatic nitrogens is 4. The number of amides is 1. The Balaban J connectivity index is 1.78.